The third kappa shape index (κ3) is 3.61. The second-order valence-corrected chi connectivity index (χ2v) is 4.01. The molecule has 0 aliphatic heterocycles. The van der Waals surface area contributed by atoms with Crippen molar-refractivity contribution < 1.29 is 19.1 Å². The maximum atomic E-state index is 11.6. The first kappa shape index (κ1) is 13.8. The van der Waals surface area contributed by atoms with Crippen LogP contribution in [0, 0.1) is 0 Å². The maximum Gasteiger partial charge on any atom is 0.346 e. The molecule has 0 aliphatic rings. The van der Waals surface area contributed by atoms with Crippen molar-refractivity contribution >= 4 is 35.1 Å². The highest BCUT2D eigenvalue weighted by molar-refractivity contribution is 6.42. The van der Waals surface area contributed by atoms with Gasteiger partial charge >= 0.3 is 11.9 Å². The zero-order valence-corrected chi connectivity index (χ0v) is 10.7. The van der Waals surface area contributed by atoms with Crippen LogP contribution in [0.1, 0.15) is 17.3 Å². The number of hydrogen-bond donors (Lipinski definition) is 0. The Hall–Kier alpha value is -1.26. The quantitative estimate of drug-likeness (QED) is 0.797. The zero-order valence-electron chi connectivity index (χ0n) is 9.20. The van der Waals surface area contributed by atoms with Gasteiger partial charge in [0.1, 0.15) is 0 Å². The summed E-state index contributed by atoms with van der Waals surface area (Å²) in [6.07, 6.45) is -0.970. The Kier molecular flexibility index (Phi) is 4.78. The van der Waals surface area contributed by atoms with Crippen molar-refractivity contribution in [1.82, 2.24) is 0 Å². The average Bonchev–Trinajstić information content (AvgIpc) is 2.31. The molecule has 0 saturated heterocycles. The molecule has 0 fully saturated rings. The Bertz CT molecular complexity index is 445. The second kappa shape index (κ2) is 5.89. The molecule has 1 aromatic rings. The monoisotopic (exact) mass is 276 g/mol. The van der Waals surface area contributed by atoms with E-state index in [1.807, 2.05) is 0 Å². The van der Waals surface area contributed by atoms with Crippen LogP contribution in [-0.4, -0.2) is 25.2 Å². The Morgan fingerprint density at radius 3 is 2.41 bits per heavy atom. The molecule has 17 heavy (non-hydrogen) atoms. The third-order valence-electron chi connectivity index (χ3n) is 1.97. The molecular weight excluding hydrogens is 267 g/mol. The van der Waals surface area contributed by atoms with Crippen molar-refractivity contribution in [3.63, 3.8) is 0 Å². The average molecular weight is 277 g/mol. The fourth-order valence-electron chi connectivity index (χ4n) is 1.07. The van der Waals surface area contributed by atoms with Gasteiger partial charge in [0.15, 0.2) is 6.10 Å². The minimum Gasteiger partial charge on any atom is -0.466 e. The van der Waals surface area contributed by atoms with Crippen molar-refractivity contribution in [3.8, 4) is 0 Å². The van der Waals surface area contributed by atoms with Gasteiger partial charge in [-0.1, -0.05) is 23.2 Å². The van der Waals surface area contributed by atoms with Crippen molar-refractivity contribution in [1.29, 1.82) is 0 Å². The van der Waals surface area contributed by atoms with Gasteiger partial charge in [0.25, 0.3) is 0 Å². The molecule has 4 nitrogen and oxygen atoms in total. The maximum absolute atomic E-state index is 11.6. The molecule has 0 heterocycles. The smallest absolute Gasteiger partial charge is 0.346 e. The molecule has 1 aromatic carbocycles. The molecule has 0 aliphatic carbocycles. The molecule has 1 atom stereocenters. The summed E-state index contributed by atoms with van der Waals surface area (Å²) in [5, 5.41) is 0.580. The van der Waals surface area contributed by atoms with Crippen LogP contribution >= 0.6 is 23.2 Å². The lowest BCUT2D eigenvalue weighted by atomic mass is 10.2. The van der Waals surface area contributed by atoms with Gasteiger partial charge < -0.3 is 9.47 Å². The van der Waals surface area contributed by atoms with Gasteiger partial charge in [0, 0.05) is 0 Å². The highest BCUT2D eigenvalue weighted by Gasteiger charge is 2.19. The van der Waals surface area contributed by atoms with E-state index in [4.69, 9.17) is 27.9 Å². The second-order valence-electron chi connectivity index (χ2n) is 3.20. The molecule has 1 rings (SSSR count). The molecule has 92 valence electrons. The van der Waals surface area contributed by atoms with E-state index >= 15 is 0 Å². The number of carbonyl (C=O) groups is 2. The minimum absolute atomic E-state index is 0.218. The van der Waals surface area contributed by atoms with Crippen LogP contribution in [0.2, 0.25) is 10.0 Å². The van der Waals surface area contributed by atoms with E-state index in [0.29, 0.717) is 5.02 Å². The molecule has 0 saturated carbocycles. The van der Waals surface area contributed by atoms with Crippen molar-refractivity contribution in [2.24, 2.45) is 0 Å². The molecule has 0 bridgehead atoms. The molecule has 0 amide bonds. The van der Waals surface area contributed by atoms with Gasteiger partial charge in [0.2, 0.25) is 0 Å². The fourth-order valence-corrected chi connectivity index (χ4v) is 1.36. The molecular formula is C11H10Cl2O4. The van der Waals surface area contributed by atoms with E-state index in [2.05, 4.69) is 4.74 Å². The van der Waals surface area contributed by atoms with E-state index in [0.717, 1.165) is 0 Å². The highest BCUT2D eigenvalue weighted by Crippen LogP contribution is 2.23. The molecule has 0 radical (unpaired) electrons. The van der Waals surface area contributed by atoms with Crippen LogP contribution in [0.5, 0.6) is 0 Å². The number of rotatable bonds is 3. The van der Waals surface area contributed by atoms with Crippen LogP contribution in [-0.2, 0) is 14.3 Å². The molecule has 6 heteroatoms. The van der Waals surface area contributed by atoms with Crippen LogP contribution in [0.15, 0.2) is 18.2 Å². The molecule has 0 unspecified atom stereocenters. The number of carbonyl (C=O) groups excluding carboxylic acids is 2. The Morgan fingerprint density at radius 1 is 1.24 bits per heavy atom. The predicted octanol–water partition coefficient (Wildman–Crippen LogP) is 2.71. The number of methoxy groups -OCH3 is 1. The van der Waals surface area contributed by atoms with E-state index < -0.39 is 18.0 Å². The number of ether oxygens (including phenoxy) is 2. The highest BCUT2D eigenvalue weighted by atomic mass is 35.5. The lowest BCUT2D eigenvalue weighted by Crippen LogP contribution is -2.25. The van der Waals surface area contributed by atoms with Crippen LogP contribution < -0.4 is 0 Å². The first-order valence-corrected chi connectivity index (χ1v) is 5.45. The van der Waals surface area contributed by atoms with E-state index in [1.165, 1.54) is 32.2 Å². The minimum atomic E-state index is -0.970. The lowest BCUT2D eigenvalue weighted by Gasteiger charge is -2.11. The third-order valence-corrected chi connectivity index (χ3v) is 2.71. The number of hydrogen-bond acceptors (Lipinski definition) is 4. The van der Waals surface area contributed by atoms with Crippen molar-refractivity contribution in [3.05, 3.63) is 33.8 Å². The van der Waals surface area contributed by atoms with Crippen LogP contribution in [0.4, 0.5) is 0 Å². The SMILES string of the molecule is COC(=O)[C@H](C)OC(=O)c1ccc(Cl)c(Cl)c1. The van der Waals surface area contributed by atoms with Gasteiger partial charge in [0.05, 0.1) is 22.7 Å². The fraction of sp³-hybridized carbons (Fsp3) is 0.273. The predicted molar refractivity (Wildman–Crippen MR) is 63.4 cm³/mol. The van der Waals surface area contributed by atoms with E-state index in [9.17, 15) is 9.59 Å². The zero-order chi connectivity index (χ0) is 13.0. The number of esters is 2. The summed E-state index contributed by atoms with van der Waals surface area (Å²) in [6, 6.07) is 4.31. The standard InChI is InChI=1S/C11H10Cl2O4/c1-6(10(14)16-2)17-11(15)7-3-4-8(12)9(13)5-7/h3-6H,1-2H3/t6-/m0/s1. The summed E-state index contributed by atoms with van der Waals surface area (Å²) in [5.74, 6) is -1.29. The molecule has 0 N–H and O–H groups in total. The lowest BCUT2D eigenvalue weighted by molar-refractivity contribution is -0.149. The number of halogens is 2. The Morgan fingerprint density at radius 2 is 1.88 bits per heavy atom. The first-order valence-electron chi connectivity index (χ1n) is 4.69. The summed E-state index contributed by atoms with van der Waals surface area (Å²) in [5.41, 5.74) is 0.218. The molecule has 0 spiro atoms. The normalized spacial score (nSPS) is 11.8. The van der Waals surface area contributed by atoms with E-state index in [1.54, 1.807) is 0 Å². The summed E-state index contributed by atoms with van der Waals surface area (Å²) < 4.78 is 9.30. The van der Waals surface area contributed by atoms with Gasteiger partial charge in [-0.15, -0.1) is 0 Å². The summed E-state index contributed by atoms with van der Waals surface area (Å²) in [4.78, 5) is 22.7. The molecule has 0 aromatic heterocycles. The van der Waals surface area contributed by atoms with Gasteiger partial charge in [-0.3, -0.25) is 0 Å². The Balaban J connectivity index is 2.76. The summed E-state index contributed by atoms with van der Waals surface area (Å²) in [6.45, 7) is 1.42. The summed E-state index contributed by atoms with van der Waals surface area (Å²) in [7, 11) is 1.21. The Labute approximate surface area is 108 Å². The van der Waals surface area contributed by atoms with Gasteiger partial charge in [-0.25, -0.2) is 9.59 Å². The van der Waals surface area contributed by atoms with Crippen LogP contribution in [0.3, 0.4) is 0 Å². The van der Waals surface area contributed by atoms with Crippen molar-refractivity contribution in [2.75, 3.05) is 7.11 Å². The van der Waals surface area contributed by atoms with Gasteiger partial charge in [-0.2, -0.15) is 0 Å². The van der Waals surface area contributed by atoms with Crippen LogP contribution in [0.25, 0.3) is 0 Å². The largest absolute Gasteiger partial charge is 0.466 e. The van der Waals surface area contributed by atoms with E-state index in [-0.39, 0.29) is 10.6 Å². The summed E-state index contributed by atoms with van der Waals surface area (Å²) >= 11 is 11.5. The number of benzene rings is 1. The van der Waals surface area contributed by atoms with Crippen molar-refractivity contribution in [2.45, 2.75) is 13.0 Å². The topological polar surface area (TPSA) is 52.6 Å². The van der Waals surface area contributed by atoms with Gasteiger partial charge in [-0.05, 0) is 25.1 Å². The first-order chi connectivity index (χ1) is 7.95.